The van der Waals surface area contributed by atoms with E-state index in [-0.39, 0.29) is 5.82 Å². The van der Waals surface area contributed by atoms with Crippen molar-refractivity contribution in [3.05, 3.63) is 58.2 Å². The van der Waals surface area contributed by atoms with E-state index in [2.05, 4.69) is 0 Å². The number of halogens is 1. The highest BCUT2D eigenvalue weighted by Crippen LogP contribution is 2.35. The minimum Gasteiger partial charge on any atom is -0.458 e. The fourth-order valence-corrected chi connectivity index (χ4v) is 2.72. The Morgan fingerprint density at radius 1 is 1.28 bits per heavy atom. The van der Waals surface area contributed by atoms with Crippen molar-refractivity contribution in [1.82, 2.24) is 0 Å². The minimum absolute atomic E-state index is 0.314. The van der Waals surface area contributed by atoms with Crippen molar-refractivity contribution in [2.45, 2.75) is 12.5 Å². The number of hydrogen-bond acceptors (Lipinski definition) is 3. The zero-order valence-corrected chi connectivity index (χ0v) is 10.5. The second-order valence-electron chi connectivity index (χ2n) is 4.34. The van der Waals surface area contributed by atoms with Gasteiger partial charge in [-0.1, -0.05) is 6.07 Å². The van der Waals surface area contributed by atoms with E-state index >= 15 is 0 Å². The van der Waals surface area contributed by atoms with Gasteiger partial charge in [-0.15, -0.1) is 11.3 Å². The monoisotopic (exact) mass is 262 g/mol. The fraction of sp³-hybridized carbons (Fsp3) is 0.143. The van der Waals surface area contributed by atoms with Crippen LogP contribution in [0.1, 0.15) is 17.6 Å². The molecule has 1 atom stereocenters. The molecule has 18 heavy (non-hydrogen) atoms. The third-order valence-corrected chi connectivity index (χ3v) is 4.04. The van der Waals surface area contributed by atoms with Gasteiger partial charge < -0.3 is 9.52 Å². The van der Waals surface area contributed by atoms with E-state index in [1.54, 1.807) is 19.1 Å². The van der Waals surface area contributed by atoms with Crippen LogP contribution in [0.3, 0.4) is 0 Å². The topological polar surface area (TPSA) is 33.4 Å². The van der Waals surface area contributed by atoms with Gasteiger partial charge in [0.1, 0.15) is 17.2 Å². The zero-order chi connectivity index (χ0) is 12.8. The van der Waals surface area contributed by atoms with Crippen LogP contribution in [0.4, 0.5) is 4.39 Å². The Morgan fingerprint density at radius 3 is 2.83 bits per heavy atom. The first-order valence-electron chi connectivity index (χ1n) is 5.53. The van der Waals surface area contributed by atoms with Crippen LogP contribution < -0.4 is 0 Å². The van der Waals surface area contributed by atoms with Crippen LogP contribution in [0.2, 0.25) is 0 Å². The van der Waals surface area contributed by atoms with Crippen molar-refractivity contribution in [2.75, 3.05) is 0 Å². The molecular formula is C14H11FO2S. The summed E-state index contributed by atoms with van der Waals surface area (Å²) >= 11 is 1.45. The van der Waals surface area contributed by atoms with Crippen LogP contribution in [0.15, 0.2) is 46.2 Å². The Labute approximate surface area is 107 Å². The lowest BCUT2D eigenvalue weighted by Gasteiger charge is -2.18. The summed E-state index contributed by atoms with van der Waals surface area (Å²) in [7, 11) is 0. The van der Waals surface area contributed by atoms with Gasteiger partial charge in [-0.25, -0.2) is 4.39 Å². The lowest BCUT2D eigenvalue weighted by molar-refractivity contribution is 0.0824. The number of benzene rings is 1. The molecule has 0 fully saturated rings. The molecule has 0 radical (unpaired) electrons. The zero-order valence-electron chi connectivity index (χ0n) is 9.68. The molecule has 0 amide bonds. The summed E-state index contributed by atoms with van der Waals surface area (Å²) in [4.78, 5) is 0.794. The lowest BCUT2D eigenvalue weighted by atomic mass is 10.0. The second-order valence-corrected chi connectivity index (χ2v) is 5.29. The SMILES string of the molecule is CC(O)(c1cc2cc(F)ccc2o1)c1cccs1. The highest BCUT2D eigenvalue weighted by atomic mass is 32.1. The second kappa shape index (κ2) is 3.93. The summed E-state index contributed by atoms with van der Waals surface area (Å²) < 4.78 is 18.7. The van der Waals surface area contributed by atoms with E-state index in [0.29, 0.717) is 16.7 Å². The number of furan rings is 1. The first-order chi connectivity index (χ1) is 8.57. The average molecular weight is 262 g/mol. The molecule has 0 bridgehead atoms. The third-order valence-electron chi connectivity index (χ3n) is 2.96. The number of hydrogen-bond donors (Lipinski definition) is 1. The molecule has 2 aromatic heterocycles. The minimum atomic E-state index is -1.19. The van der Waals surface area contributed by atoms with Crippen LogP contribution in [-0.4, -0.2) is 5.11 Å². The van der Waals surface area contributed by atoms with E-state index in [4.69, 9.17) is 4.42 Å². The van der Waals surface area contributed by atoms with Gasteiger partial charge in [0.2, 0.25) is 0 Å². The van der Waals surface area contributed by atoms with Gasteiger partial charge in [-0.05, 0) is 42.6 Å². The van der Waals surface area contributed by atoms with Crippen molar-refractivity contribution >= 4 is 22.3 Å². The summed E-state index contributed by atoms with van der Waals surface area (Å²) in [6.45, 7) is 1.67. The standard InChI is InChI=1S/C14H11FO2S/c1-14(16,13-3-2-6-18-13)12-8-9-7-10(15)4-5-11(9)17-12/h2-8,16H,1H3. The van der Waals surface area contributed by atoms with E-state index in [0.717, 1.165) is 4.88 Å². The molecule has 0 aliphatic carbocycles. The third kappa shape index (κ3) is 1.74. The van der Waals surface area contributed by atoms with Crippen molar-refractivity contribution in [2.24, 2.45) is 0 Å². The summed E-state index contributed by atoms with van der Waals surface area (Å²) in [5.74, 6) is 0.108. The van der Waals surface area contributed by atoms with Crippen molar-refractivity contribution in [1.29, 1.82) is 0 Å². The first-order valence-corrected chi connectivity index (χ1v) is 6.41. The molecule has 2 nitrogen and oxygen atoms in total. The van der Waals surface area contributed by atoms with Gasteiger partial charge in [-0.3, -0.25) is 0 Å². The number of aliphatic hydroxyl groups is 1. The van der Waals surface area contributed by atoms with Gasteiger partial charge in [-0.2, -0.15) is 0 Å². The van der Waals surface area contributed by atoms with Crippen molar-refractivity contribution in [3.8, 4) is 0 Å². The van der Waals surface area contributed by atoms with E-state index in [9.17, 15) is 9.50 Å². The number of rotatable bonds is 2. The van der Waals surface area contributed by atoms with Gasteiger partial charge in [0.05, 0.1) is 0 Å². The van der Waals surface area contributed by atoms with Gasteiger partial charge in [0.15, 0.2) is 5.60 Å². The Morgan fingerprint density at radius 2 is 2.11 bits per heavy atom. The van der Waals surface area contributed by atoms with E-state index in [1.165, 1.54) is 23.5 Å². The summed E-state index contributed by atoms with van der Waals surface area (Å²) in [5.41, 5.74) is -0.618. The molecule has 92 valence electrons. The van der Waals surface area contributed by atoms with Crippen molar-refractivity contribution in [3.63, 3.8) is 0 Å². The summed E-state index contributed by atoms with van der Waals surface area (Å²) in [6, 6.07) is 9.70. The highest BCUT2D eigenvalue weighted by molar-refractivity contribution is 7.10. The molecule has 0 saturated carbocycles. The molecule has 2 heterocycles. The van der Waals surface area contributed by atoms with Gasteiger partial charge in [0.25, 0.3) is 0 Å². The largest absolute Gasteiger partial charge is 0.458 e. The summed E-state index contributed by atoms with van der Waals surface area (Å²) in [5, 5.41) is 13.1. The molecule has 0 aliphatic rings. The van der Waals surface area contributed by atoms with E-state index in [1.807, 2.05) is 17.5 Å². The molecule has 0 aliphatic heterocycles. The Kier molecular flexibility index (Phi) is 2.50. The molecule has 4 heteroatoms. The Hall–Kier alpha value is -1.65. The smallest absolute Gasteiger partial charge is 0.153 e. The Balaban J connectivity index is 2.14. The van der Waals surface area contributed by atoms with Gasteiger partial charge in [0, 0.05) is 10.3 Å². The van der Waals surface area contributed by atoms with Crippen LogP contribution in [0, 0.1) is 5.82 Å². The predicted octanol–water partition coefficient (Wildman–Crippen LogP) is 3.89. The lowest BCUT2D eigenvalue weighted by Crippen LogP contribution is -2.20. The molecule has 1 unspecified atom stereocenters. The van der Waals surface area contributed by atoms with Crippen LogP contribution in [-0.2, 0) is 5.60 Å². The quantitative estimate of drug-likeness (QED) is 0.760. The maximum Gasteiger partial charge on any atom is 0.153 e. The van der Waals surface area contributed by atoms with Crippen molar-refractivity contribution < 1.29 is 13.9 Å². The molecular weight excluding hydrogens is 251 g/mol. The number of fused-ring (bicyclic) bond motifs is 1. The number of thiophene rings is 1. The maximum absolute atomic E-state index is 13.1. The molecule has 3 rings (SSSR count). The molecule has 1 N–H and O–H groups in total. The van der Waals surface area contributed by atoms with Crippen LogP contribution in [0.5, 0.6) is 0 Å². The average Bonchev–Trinajstić information content (AvgIpc) is 2.97. The van der Waals surface area contributed by atoms with E-state index < -0.39 is 5.60 Å². The molecule has 1 aromatic carbocycles. The van der Waals surface area contributed by atoms with Crippen LogP contribution in [0.25, 0.3) is 11.0 Å². The fourth-order valence-electron chi connectivity index (χ4n) is 1.93. The normalized spacial score (nSPS) is 14.8. The van der Waals surface area contributed by atoms with Gasteiger partial charge >= 0.3 is 0 Å². The Bertz CT molecular complexity index is 683. The first kappa shape index (κ1) is 11.4. The molecule has 0 spiro atoms. The maximum atomic E-state index is 13.1. The predicted molar refractivity (Wildman–Crippen MR) is 69.2 cm³/mol. The van der Waals surface area contributed by atoms with Crippen LogP contribution >= 0.6 is 11.3 Å². The molecule has 3 aromatic rings. The summed E-state index contributed by atoms with van der Waals surface area (Å²) in [6.07, 6.45) is 0. The molecule has 0 saturated heterocycles. The highest BCUT2D eigenvalue weighted by Gasteiger charge is 2.30.